The highest BCUT2D eigenvalue weighted by Gasteiger charge is 2.29. The first-order valence-corrected chi connectivity index (χ1v) is 3.27. The SMILES string of the molecule is N#C[C@H](O)[C@@H](O)[C@@H](O)[C@H](O)CO. The number of aliphatic hydroxyl groups is 5. The summed E-state index contributed by atoms with van der Waals surface area (Å²) in [4.78, 5) is 0. The van der Waals surface area contributed by atoms with Crippen LogP contribution in [0.2, 0.25) is 0 Å². The molecule has 0 aliphatic rings. The van der Waals surface area contributed by atoms with Crippen molar-refractivity contribution in [2.24, 2.45) is 0 Å². The van der Waals surface area contributed by atoms with Crippen LogP contribution in [0.1, 0.15) is 0 Å². The zero-order chi connectivity index (χ0) is 9.72. The minimum Gasteiger partial charge on any atom is -0.394 e. The van der Waals surface area contributed by atoms with Gasteiger partial charge in [-0.1, -0.05) is 0 Å². The Balaban J connectivity index is 4.10. The van der Waals surface area contributed by atoms with Gasteiger partial charge in [0.15, 0.2) is 6.10 Å². The molecule has 0 amide bonds. The third-order valence-corrected chi connectivity index (χ3v) is 1.39. The Morgan fingerprint density at radius 2 is 1.58 bits per heavy atom. The number of hydrogen-bond acceptors (Lipinski definition) is 6. The van der Waals surface area contributed by atoms with Gasteiger partial charge in [0.05, 0.1) is 12.7 Å². The summed E-state index contributed by atoms with van der Waals surface area (Å²) in [6.45, 7) is -0.754. The number of hydrogen-bond donors (Lipinski definition) is 5. The zero-order valence-electron chi connectivity index (χ0n) is 6.20. The van der Waals surface area contributed by atoms with Gasteiger partial charge in [-0.3, -0.25) is 0 Å². The molecule has 0 spiro atoms. The summed E-state index contributed by atoms with van der Waals surface area (Å²) >= 11 is 0. The monoisotopic (exact) mass is 177 g/mol. The van der Waals surface area contributed by atoms with Crippen molar-refractivity contribution in [1.29, 1.82) is 5.26 Å². The number of aliphatic hydroxyl groups excluding tert-OH is 5. The average molecular weight is 177 g/mol. The van der Waals surface area contributed by atoms with Crippen LogP contribution >= 0.6 is 0 Å². The van der Waals surface area contributed by atoms with Crippen molar-refractivity contribution in [1.82, 2.24) is 0 Å². The van der Waals surface area contributed by atoms with E-state index in [9.17, 15) is 0 Å². The highest BCUT2D eigenvalue weighted by atomic mass is 16.4. The number of rotatable bonds is 4. The lowest BCUT2D eigenvalue weighted by atomic mass is 10.0. The highest BCUT2D eigenvalue weighted by Crippen LogP contribution is 2.03. The Morgan fingerprint density at radius 3 is 1.92 bits per heavy atom. The molecule has 0 heterocycles. The molecule has 0 aliphatic heterocycles. The third kappa shape index (κ3) is 2.73. The molecule has 0 bridgehead atoms. The Bertz CT molecular complexity index is 168. The maximum absolute atomic E-state index is 8.92. The Labute approximate surface area is 68.9 Å². The molecule has 6 heteroatoms. The molecule has 6 nitrogen and oxygen atoms in total. The Kier molecular flexibility index (Phi) is 4.73. The normalized spacial score (nSPS) is 20.7. The van der Waals surface area contributed by atoms with E-state index in [1.165, 1.54) is 6.07 Å². The molecule has 0 aromatic heterocycles. The second-order valence-electron chi connectivity index (χ2n) is 2.31. The van der Waals surface area contributed by atoms with E-state index in [0.29, 0.717) is 0 Å². The van der Waals surface area contributed by atoms with Crippen molar-refractivity contribution in [2.45, 2.75) is 24.4 Å². The Hall–Kier alpha value is -0.710. The average Bonchev–Trinajstić information content (AvgIpc) is 2.12. The van der Waals surface area contributed by atoms with Gasteiger partial charge in [-0.05, 0) is 0 Å². The zero-order valence-corrected chi connectivity index (χ0v) is 6.20. The van der Waals surface area contributed by atoms with Crippen molar-refractivity contribution in [3.8, 4) is 6.07 Å². The molecule has 4 atom stereocenters. The molecule has 0 aliphatic carbocycles. The summed E-state index contributed by atoms with van der Waals surface area (Å²) in [5, 5.41) is 51.7. The lowest BCUT2D eigenvalue weighted by molar-refractivity contribution is -0.103. The van der Waals surface area contributed by atoms with Gasteiger partial charge in [-0.25, -0.2) is 0 Å². The first-order chi connectivity index (χ1) is 5.54. The molecule has 12 heavy (non-hydrogen) atoms. The van der Waals surface area contributed by atoms with Crippen molar-refractivity contribution in [2.75, 3.05) is 6.61 Å². The maximum Gasteiger partial charge on any atom is 0.168 e. The predicted octanol–water partition coefficient (Wildman–Crippen LogP) is -3.05. The highest BCUT2D eigenvalue weighted by molar-refractivity contribution is 4.93. The topological polar surface area (TPSA) is 125 Å². The smallest absolute Gasteiger partial charge is 0.168 e. The van der Waals surface area contributed by atoms with Gasteiger partial charge in [0.25, 0.3) is 0 Å². The van der Waals surface area contributed by atoms with Crippen LogP contribution in [0.4, 0.5) is 0 Å². The van der Waals surface area contributed by atoms with E-state index in [-0.39, 0.29) is 0 Å². The molecule has 0 fully saturated rings. The number of nitrogens with zero attached hydrogens (tertiary/aromatic N) is 1. The predicted molar refractivity (Wildman–Crippen MR) is 36.7 cm³/mol. The molecular weight excluding hydrogens is 166 g/mol. The van der Waals surface area contributed by atoms with Crippen molar-refractivity contribution in [3.05, 3.63) is 0 Å². The van der Waals surface area contributed by atoms with Gasteiger partial charge in [-0.2, -0.15) is 5.26 Å². The van der Waals surface area contributed by atoms with Crippen LogP contribution < -0.4 is 0 Å². The third-order valence-electron chi connectivity index (χ3n) is 1.39. The Morgan fingerprint density at radius 1 is 1.08 bits per heavy atom. The van der Waals surface area contributed by atoms with Crippen molar-refractivity contribution < 1.29 is 25.5 Å². The van der Waals surface area contributed by atoms with Crippen LogP contribution in [-0.4, -0.2) is 56.6 Å². The van der Waals surface area contributed by atoms with E-state index in [4.69, 9.17) is 30.8 Å². The minimum absolute atomic E-state index is 0.754. The minimum atomic E-state index is -1.78. The molecular formula is C6H11NO5. The van der Waals surface area contributed by atoms with E-state index in [1.54, 1.807) is 0 Å². The van der Waals surface area contributed by atoms with Crippen LogP contribution in [-0.2, 0) is 0 Å². The molecule has 0 aromatic carbocycles. The summed E-state index contributed by atoms with van der Waals surface area (Å²) < 4.78 is 0. The standard InChI is InChI=1S/C6H11NO5/c7-1-3(9)5(11)6(12)4(10)2-8/h3-6,8-12H,2H2/t3-,4+,5+,6-/m0/s1. The second-order valence-corrected chi connectivity index (χ2v) is 2.31. The summed E-state index contributed by atoms with van der Waals surface area (Å²) in [5.74, 6) is 0. The van der Waals surface area contributed by atoms with Crippen LogP contribution in [0.3, 0.4) is 0 Å². The molecule has 0 aromatic rings. The van der Waals surface area contributed by atoms with Gasteiger partial charge >= 0.3 is 0 Å². The lowest BCUT2D eigenvalue weighted by Gasteiger charge is -2.21. The largest absolute Gasteiger partial charge is 0.394 e. The van der Waals surface area contributed by atoms with E-state index >= 15 is 0 Å². The van der Waals surface area contributed by atoms with Gasteiger partial charge in [0, 0.05) is 0 Å². The summed E-state index contributed by atoms with van der Waals surface area (Å²) in [6.07, 6.45) is -6.86. The maximum atomic E-state index is 8.92. The van der Waals surface area contributed by atoms with E-state index in [2.05, 4.69) is 0 Å². The quantitative estimate of drug-likeness (QED) is 0.290. The van der Waals surface area contributed by atoms with Gasteiger partial charge < -0.3 is 25.5 Å². The van der Waals surface area contributed by atoms with Crippen molar-refractivity contribution >= 4 is 0 Å². The van der Waals surface area contributed by atoms with Crippen molar-refractivity contribution in [3.63, 3.8) is 0 Å². The molecule has 0 saturated heterocycles. The lowest BCUT2D eigenvalue weighted by Crippen LogP contribution is -2.45. The summed E-state index contributed by atoms with van der Waals surface area (Å²) in [7, 11) is 0. The fraction of sp³-hybridized carbons (Fsp3) is 0.833. The first-order valence-electron chi connectivity index (χ1n) is 3.27. The van der Waals surface area contributed by atoms with Crippen LogP contribution in [0.15, 0.2) is 0 Å². The van der Waals surface area contributed by atoms with E-state index < -0.39 is 31.0 Å². The fourth-order valence-corrected chi connectivity index (χ4v) is 0.599. The van der Waals surface area contributed by atoms with E-state index in [1.807, 2.05) is 0 Å². The van der Waals surface area contributed by atoms with Gasteiger partial charge in [0.2, 0.25) is 0 Å². The summed E-state index contributed by atoms with van der Waals surface area (Å²) in [6, 6.07) is 1.28. The van der Waals surface area contributed by atoms with Crippen LogP contribution in [0, 0.1) is 11.3 Å². The summed E-state index contributed by atoms with van der Waals surface area (Å²) in [5.41, 5.74) is 0. The second kappa shape index (κ2) is 5.03. The van der Waals surface area contributed by atoms with Gasteiger partial charge in [-0.15, -0.1) is 0 Å². The van der Waals surface area contributed by atoms with Gasteiger partial charge in [0.1, 0.15) is 18.3 Å². The molecule has 0 unspecified atom stereocenters. The molecule has 5 N–H and O–H groups in total. The molecule has 0 rings (SSSR count). The first kappa shape index (κ1) is 11.3. The fourth-order valence-electron chi connectivity index (χ4n) is 0.599. The molecule has 70 valence electrons. The van der Waals surface area contributed by atoms with Crippen LogP contribution in [0.25, 0.3) is 0 Å². The molecule has 0 saturated carbocycles. The molecule has 0 radical (unpaired) electrons. The number of nitriles is 1. The van der Waals surface area contributed by atoms with E-state index in [0.717, 1.165) is 0 Å². The van der Waals surface area contributed by atoms with Crippen LogP contribution in [0.5, 0.6) is 0 Å².